The zero-order chi connectivity index (χ0) is 24.1. The Kier molecular flexibility index (Phi) is 8.53. The molecule has 9 nitrogen and oxygen atoms in total. The molecule has 12 heteroatoms. The highest BCUT2D eigenvalue weighted by Gasteiger charge is 2.25. The maximum absolute atomic E-state index is 12.1. The summed E-state index contributed by atoms with van der Waals surface area (Å²) in [5.41, 5.74) is 1.40. The zero-order valence-electron chi connectivity index (χ0n) is 18.3. The topological polar surface area (TPSA) is 117 Å². The Morgan fingerprint density at radius 2 is 1.75 bits per heavy atom. The molecular weight excluding hydrogens is 480 g/mol. The highest BCUT2D eigenvalue weighted by Crippen LogP contribution is 2.39. The van der Waals surface area contributed by atoms with E-state index in [0.717, 1.165) is 22.6 Å². The van der Waals surface area contributed by atoms with Crippen molar-refractivity contribution in [2.75, 3.05) is 26.1 Å². The average molecular weight is 503 g/mol. The molecule has 2 aromatic heterocycles. The lowest BCUT2D eigenvalue weighted by atomic mass is 10.2. The molecule has 1 aromatic carbocycles. The molecule has 174 valence electrons. The third-order valence-corrected chi connectivity index (χ3v) is 7.12. The minimum Gasteiger partial charge on any atom is -0.493 e. The molecule has 0 saturated heterocycles. The number of aryl methyl sites for hydroxylation is 2. The predicted molar refractivity (Wildman–Crippen MR) is 122 cm³/mol. The summed E-state index contributed by atoms with van der Waals surface area (Å²) in [7, 11) is 0.883. The van der Waals surface area contributed by atoms with Crippen LogP contribution in [0.2, 0.25) is 5.02 Å². The largest absolute Gasteiger partial charge is 0.493 e. The number of carbonyl (C=O) groups is 1. The van der Waals surface area contributed by atoms with Gasteiger partial charge in [-0.3, -0.25) is 4.79 Å². The SMILES string of the molecule is CC(=O)c1sccc1S(=O)(=O)Nc1onc(C)c1Cl.COc1ccc(C)c(OC)c1OC. The van der Waals surface area contributed by atoms with Crippen LogP contribution in [-0.2, 0) is 10.0 Å². The molecule has 0 atom stereocenters. The molecule has 0 aliphatic heterocycles. The second-order valence-electron chi connectivity index (χ2n) is 6.34. The van der Waals surface area contributed by atoms with E-state index in [4.69, 9.17) is 30.3 Å². The Balaban J connectivity index is 0.000000244. The molecule has 1 N–H and O–H groups in total. The average Bonchev–Trinajstić information content (AvgIpc) is 3.37. The molecule has 0 unspecified atom stereocenters. The third kappa shape index (κ3) is 5.53. The number of thiophene rings is 1. The van der Waals surface area contributed by atoms with Gasteiger partial charge in [0.1, 0.15) is 15.6 Å². The van der Waals surface area contributed by atoms with Crippen molar-refractivity contribution in [2.24, 2.45) is 0 Å². The van der Waals surface area contributed by atoms with E-state index in [1.54, 1.807) is 28.3 Å². The number of anilines is 1. The van der Waals surface area contributed by atoms with Gasteiger partial charge in [0.05, 0.1) is 26.2 Å². The number of sulfonamides is 1. The molecule has 3 rings (SSSR count). The van der Waals surface area contributed by atoms with E-state index in [0.29, 0.717) is 17.2 Å². The number of Topliss-reactive ketones (excluding diaryl/α,β-unsaturated/α-hetero) is 1. The van der Waals surface area contributed by atoms with Crippen molar-refractivity contribution in [3.05, 3.63) is 44.7 Å². The van der Waals surface area contributed by atoms with Crippen molar-refractivity contribution in [1.29, 1.82) is 0 Å². The highest BCUT2D eigenvalue weighted by molar-refractivity contribution is 7.93. The number of hydrogen-bond donors (Lipinski definition) is 1. The lowest BCUT2D eigenvalue weighted by Gasteiger charge is -2.13. The van der Waals surface area contributed by atoms with E-state index in [9.17, 15) is 13.2 Å². The molecule has 0 amide bonds. The smallest absolute Gasteiger partial charge is 0.265 e. The fraction of sp³-hybridized carbons (Fsp3) is 0.300. The normalized spacial score (nSPS) is 10.7. The van der Waals surface area contributed by atoms with Gasteiger partial charge in [-0.15, -0.1) is 11.3 Å². The molecule has 3 aromatic rings. The molecule has 0 radical (unpaired) electrons. The van der Waals surface area contributed by atoms with E-state index in [-0.39, 0.29) is 26.5 Å². The number of nitrogens with one attached hydrogen (secondary N) is 1. The maximum atomic E-state index is 12.1. The third-order valence-electron chi connectivity index (χ3n) is 4.16. The van der Waals surface area contributed by atoms with Crippen molar-refractivity contribution >= 4 is 44.6 Å². The Morgan fingerprint density at radius 1 is 1.09 bits per heavy atom. The van der Waals surface area contributed by atoms with Crippen LogP contribution >= 0.6 is 22.9 Å². The Morgan fingerprint density at radius 3 is 2.25 bits per heavy atom. The van der Waals surface area contributed by atoms with Crippen molar-refractivity contribution in [3.63, 3.8) is 0 Å². The fourth-order valence-electron chi connectivity index (χ4n) is 2.62. The molecule has 0 aliphatic carbocycles. The monoisotopic (exact) mass is 502 g/mol. The van der Waals surface area contributed by atoms with Crippen LogP contribution in [0.1, 0.15) is 27.9 Å². The first-order valence-electron chi connectivity index (χ1n) is 9.05. The van der Waals surface area contributed by atoms with Gasteiger partial charge < -0.3 is 18.7 Å². The van der Waals surface area contributed by atoms with Gasteiger partial charge in [0.15, 0.2) is 17.3 Å². The summed E-state index contributed by atoms with van der Waals surface area (Å²) >= 11 is 6.89. The standard InChI is InChI=1S/C10H9ClN2O4S2.C10H14O3/c1-5-8(11)10(17-12-5)13-19(15,16)7-3-4-18-9(7)6(2)14;1-7-5-6-8(11-2)10(13-4)9(7)12-3/h3-4,13H,1-2H3;5-6H,1-4H3. The van der Waals surface area contributed by atoms with Crippen LogP contribution < -0.4 is 18.9 Å². The van der Waals surface area contributed by atoms with Crippen LogP contribution in [0.15, 0.2) is 33.0 Å². The minimum absolute atomic E-state index is 0.0863. The van der Waals surface area contributed by atoms with Gasteiger partial charge in [0.2, 0.25) is 5.75 Å². The molecule has 0 saturated carbocycles. The quantitative estimate of drug-likeness (QED) is 0.461. The molecule has 0 spiro atoms. The number of ketones is 1. The molecule has 2 heterocycles. The fourth-order valence-corrected chi connectivity index (χ4v) is 5.17. The first-order chi connectivity index (χ1) is 15.1. The predicted octanol–water partition coefficient (Wildman–Crippen LogP) is 4.72. The summed E-state index contributed by atoms with van der Waals surface area (Å²) in [5, 5.41) is 5.15. The van der Waals surface area contributed by atoms with Crippen LogP contribution in [0.4, 0.5) is 5.88 Å². The van der Waals surface area contributed by atoms with Gasteiger partial charge in [-0.05, 0) is 43.8 Å². The van der Waals surface area contributed by atoms with E-state index in [1.807, 2.05) is 19.1 Å². The Bertz CT molecular complexity index is 1200. The van der Waals surface area contributed by atoms with E-state index >= 15 is 0 Å². The molecule has 0 fully saturated rings. The highest BCUT2D eigenvalue weighted by atomic mass is 35.5. The number of rotatable bonds is 7. The van der Waals surface area contributed by atoms with Gasteiger partial charge in [-0.1, -0.05) is 22.8 Å². The van der Waals surface area contributed by atoms with Crippen LogP contribution in [0, 0.1) is 13.8 Å². The Hall–Kier alpha value is -2.76. The van der Waals surface area contributed by atoms with Crippen LogP contribution in [0.5, 0.6) is 17.2 Å². The first kappa shape index (κ1) is 25.5. The summed E-state index contributed by atoms with van der Waals surface area (Å²) in [4.78, 5) is 11.4. The molecular formula is C20H23ClN2O7S2. The van der Waals surface area contributed by atoms with Crippen molar-refractivity contribution in [3.8, 4) is 17.2 Å². The number of carbonyl (C=O) groups excluding carboxylic acids is 1. The van der Waals surface area contributed by atoms with Crippen LogP contribution in [-0.4, -0.2) is 40.7 Å². The molecule has 0 aliphatic rings. The summed E-state index contributed by atoms with van der Waals surface area (Å²) in [5.74, 6) is 1.56. The minimum atomic E-state index is -3.93. The second kappa shape index (κ2) is 10.7. The summed E-state index contributed by atoms with van der Waals surface area (Å²) in [6, 6.07) is 5.14. The van der Waals surface area contributed by atoms with Crippen molar-refractivity contribution in [1.82, 2.24) is 5.16 Å². The van der Waals surface area contributed by atoms with Gasteiger partial charge in [-0.25, -0.2) is 13.1 Å². The number of ether oxygens (including phenoxy) is 3. The Labute approximate surface area is 195 Å². The number of aromatic nitrogens is 1. The lowest BCUT2D eigenvalue weighted by molar-refractivity contribution is 0.101. The number of methoxy groups -OCH3 is 3. The molecule has 0 bridgehead atoms. The molecule has 32 heavy (non-hydrogen) atoms. The van der Waals surface area contributed by atoms with E-state index < -0.39 is 10.0 Å². The van der Waals surface area contributed by atoms with Crippen molar-refractivity contribution in [2.45, 2.75) is 25.7 Å². The van der Waals surface area contributed by atoms with E-state index in [1.165, 1.54) is 18.4 Å². The second-order valence-corrected chi connectivity index (χ2v) is 9.28. The van der Waals surface area contributed by atoms with E-state index in [2.05, 4.69) is 9.88 Å². The van der Waals surface area contributed by atoms with Gasteiger partial charge in [0.25, 0.3) is 15.9 Å². The summed E-state index contributed by atoms with van der Waals surface area (Å²) in [6.07, 6.45) is 0. The first-order valence-corrected chi connectivity index (χ1v) is 11.8. The zero-order valence-corrected chi connectivity index (χ0v) is 20.7. The number of nitrogens with zero attached hydrogens (tertiary/aromatic N) is 1. The van der Waals surface area contributed by atoms with Crippen LogP contribution in [0.3, 0.4) is 0 Å². The summed E-state index contributed by atoms with van der Waals surface area (Å²) < 4.78 is 46.8. The van der Waals surface area contributed by atoms with Crippen molar-refractivity contribution < 1.29 is 31.9 Å². The van der Waals surface area contributed by atoms with Gasteiger partial charge in [0, 0.05) is 0 Å². The maximum Gasteiger partial charge on any atom is 0.265 e. The van der Waals surface area contributed by atoms with Crippen LogP contribution in [0.25, 0.3) is 0 Å². The van der Waals surface area contributed by atoms with Gasteiger partial charge >= 0.3 is 0 Å². The number of halogens is 1. The van der Waals surface area contributed by atoms with Gasteiger partial charge in [-0.2, -0.15) is 0 Å². The number of hydrogen-bond acceptors (Lipinski definition) is 9. The summed E-state index contributed by atoms with van der Waals surface area (Å²) in [6.45, 7) is 4.84. The lowest BCUT2D eigenvalue weighted by Crippen LogP contribution is -2.14. The number of benzene rings is 1.